The fraction of sp³-hybridized carbons (Fsp3) is 0.241. The van der Waals surface area contributed by atoms with Crippen molar-refractivity contribution in [2.75, 3.05) is 0 Å². The maximum Gasteiger partial charge on any atom is 0.303 e. The molecule has 0 amide bonds. The van der Waals surface area contributed by atoms with Crippen LogP contribution in [0.25, 0.3) is 44.8 Å². The molecule has 0 radical (unpaired) electrons. The summed E-state index contributed by atoms with van der Waals surface area (Å²) in [6.45, 7) is 0. The second kappa shape index (κ2) is 9.41. The first-order valence-electron chi connectivity index (χ1n) is 12.4. The van der Waals surface area contributed by atoms with Gasteiger partial charge in [0.1, 0.15) is 5.82 Å². The van der Waals surface area contributed by atoms with Crippen LogP contribution in [-0.2, 0) is 4.79 Å². The fourth-order valence-electron chi connectivity index (χ4n) is 5.31. The monoisotopic (exact) mass is 477 g/mol. The van der Waals surface area contributed by atoms with E-state index in [0.717, 1.165) is 70.5 Å². The SMILES string of the molecule is O=C(O)CC1CCC(c2ccc(-c3ccc(-c4nc5ccc(-c6cn[nH]c6)cc5[nH]4)cn3)cc2)CC1. The Morgan fingerprint density at radius 1 is 0.889 bits per heavy atom. The number of nitrogens with zero attached hydrogens (tertiary/aromatic N) is 3. The van der Waals surface area contributed by atoms with Gasteiger partial charge in [-0.2, -0.15) is 5.10 Å². The number of aromatic nitrogens is 5. The molecule has 180 valence electrons. The van der Waals surface area contributed by atoms with Gasteiger partial charge in [0, 0.05) is 35.5 Å². The summed E-state index contributed by atoms with van der Waals surface area (Å²) in [7, 11) is 0. The van der Waals surface area contributed by atoms with E-state index in [4.69, 9.17) is 15.1 Å². The van der Waals surface area contributed by atoms with E-state index in [9.17, 15) is 4.79 Å². The van der Waals surface area contributed by atoms with E-state index in [1.807, 2.05) is 30.6 Å². The number of pyridine rings is 1. The number of hydrogen-bond donors (Lipinski definition) is 3. The zero-order chi connectivity index (χ0) is 24.5. The fourth-order valence-corrected chi connectivity index (χ4v) is 5.31. The lowest BCUT2D eigenvalue weighted by Gasteiger charge is -2.28. The molecule has 1 aliphatic carbocycles. The Morgan fingerprint density at radius 2 is 1.67 bits per heavy atom. The summed E-state index contributed by atoms with van der Waals surface area (Å²) in [6.07, 6.45) is 9.95. The molecule has 3 aromatic heterocycles. The second-order valence-corrected chi connectivity index (χ2v) is 9.67. The minimum atomic E-state index is -0.679. The smallest absolute Gasteiger partial charge is 0.303 e. The van der Waals surface area contributed by atoms with E-state index in [0.29, 0.717) is 18.3 Å². The van der Waals surface area contributed by atoms with E-state index in [1.165, 1.54) is 5.56 Å². The Morgan fingerprint density at radius 3 is 2.36 bits per heavy atom. The van der Waals surface area contributed by atoms with Crippen molar-refractivity contribution < 1.29 is 9.90 Å². The molecule has 36 heavy (non-hydrogen) atoms. The number of carbonyl (C=O) groups is 1. The lowest BCUT2D eigenvalue weighted by atomic mass is 9.77. The Kier molecular flexibility index (Phi) is 5.81. The van der Waals surface area contributed by atoms with Gasteiger partial charge in [-0.3, -0.25) is 14.9 Å². The molecule has 0 saturated heterocycles. The van der Waals surface area contributed by atoms with Gasteiger partial charge in [-0.15, -0.1) is 0 Å². The molecule has 7 nitrogen and oxygen atoms in total. The Hall–Kier alpha value is -4.26. The van der Waals surface area contributed by atoms with Crippen molar-refractivity contribution in [3.8, 4) is 33.8 Å². The van der Waals surface area contributed by atoms with Gasteiger partial charge in [-0.25, -0.2) is 4.98 Å². The number of imidazole rings is 1. The number of nitrogens with one attached hydrogen (secondary N) is 2. The molecule has 1 aliphatic rings. The van der Waals surface area contributed by atoms with E-state index >= 15 is 0 Å². The molecule has 7 heteroatoms. The molecule has 3 N–H and O–H groups in total. The molecular formula is C29H27N5O2. The first-order chi connectivity index (χ1) is 17.6. The molecular weight excluding hydrogens is 450 g/mol. The van der Waals surface area contributed by atoms with Gasteiger partial charge in [0.15, 0.2) is 0 Å². The molecule has 0 aliphatic heterocycles. The number of carboxylic acid groups (broad SMARTS) is 1. The molecule has 6 rings (SSSR count). The first-order valence-corrected chi connectivity index (χ1v) is 12.4. The highest BCUT2D eigenvalue weighted by atomic mass is 16.4. The molecule has 0 bridgehead atoms. The van der Waals surface area contributed by atoms with Crippen molar-refractivity contribution in [1.29, 1.82) is 0 Å². The average Bonchev–Trinajstić information content (AvgIpc) is 3.59. The summed E-state index contributed by atoms with van der Waals surface area (Å²) < 4.78 is 0. The van der Waals surface area contributed by atoms with Crippen LogP contribution in [0, 0.1) is 5.92 Å². The molecule has 3 heterocycles. The summed E-state index contributed by atoms with van der Waals surface area (Å²) in [5, 5.41) is 15.9. The Bertz CT molecular complexity index is 1480. The van der Waals surface area contributed by atoms with E-state index in [2.05, 4.69) is 51.6 Å². The zero-order valence-corrected chi connectivity index (χ0v) is 19.8. The van der Waals surface area contributed by atoms with Gasteiger partial charge >= 0.3 is 5.97 Å². The minimum Gasteiger partial charge on any atom is -0.481 e. The lowest BCUT2D eigenvalue weighted by Crippen LogP contribution is -2.16. The first kappa shape index (κ1) is 22.2. The number of H-pyrrole nitrogens is 2. The van der Waals surface area contributed by atoms with Crippen LogP contribution in [0.4, 0.5) is 0 Å². The predicted molar refractivity (Wildman–Crippen MR) is 139 cm³/mol. The van der Waals surface area contributed by atoms with Crippen LogP contribution in [0.15, 0.2) is 73.2 Å². The molecule has 5 aromatic rings. The molecule has 1 fully saturated rings. The minimum absolute atomic E-state index is 0.299. The molecule has 1 saturated carbocycles. The highest BCUT2D eigenvalue weighted by Gasteiger charge is 2.24. The number of hydrogen-bond acceptors (Lipinski definition) is 4. The molecule has 0 unspecified atom stereocenters. The predicted octanol–water partition coefficient (Wildman–Crippen LogP) is 6.43. The number of aromatic amines is 2. The summed E-state index contributed by atoms with van der Waals surface area (Å²) in [5.74, 6) is 0.955. The van der Waals surface area contributed by atoms with Crippen LogP contribution in [-0.4, -0.2) is 36.2 Å². The summed E-state index contributed by atoms with van der Waals surface area (Å²) in [4.78, 5) is 23.8. The lowest BCUT2D eigenvalue weighted by molar-refractivity contribution is -0.138. The van der Waals surface area contributed by atoms with Gasteiger partial charge < -0.3 is 10.1 Å². The normalized spacial score (nSPS) is 17.9. The van der Waals surface area contributed by atoms with Crippen LogP contribution in [0.5, 0.6) is 0 Å². The van der Waals surface area contributed by atoms with Crippen molar-refractivity contribution in [3.63, 3.8) is 0 Å². The third kappa shape index (κ3) is 4.52. The maximum absolute atomic E-state index is 11.0. The van der Waals surface area contributed by atoms with E-state index in [-0.39, 0.29) is 0 Å². The van der Waals surface area contributed by atoms with Crippen molar-refractivity contribution >= 4 is 17.0 Å². The van der Waals surface area contributed by atoms with Crippen LogP contribution in [0.3, 0.4) is 0 Å². The number of fused-ring (bicyclic) bond motifs is 1. The van der Waals surface area contributed by atoms with E-state index in [1.54, 1.807) is 6.20 Å². The highest BCUT2D eigenvalue weighted by molar-refractivity contribution is 5.84. The maximum atomic E-state index is 11.0. The highest BCUT2D eigenvalue weighted by Crippen LogP contribution is 2.37. The van der Waals surface area contributed by atoms with Gasteiger partial charge in [-0.1, -0.05) is 30.3 Å². The molecule has 0 atom stereocenters. The molecule has 2 aromatic carbocycles. The van der Waals surface area contributed by atoms with Crippen molar-refractivity contribution in [3.05, 3.63) is 78.8 Å². The van der Waals surface area contributed by atoms with Crippen molar-refractivity contribution in [1.82, 2.24) is 25.1 Å². The second-order valence-electron chi connectivity index (χ2n) is 9.67. The third-order valence-corrected chi connectivity index (χ3v) is 7.34. The zero-order valence-electron chi connectivity index (χ0n) is 19.8. The van der Waals surface area contributed by atoms with Crippen LogP contribution < -0.4 is 0 Å². The van der Waals surface area contributed by atoms with E-state index < -0.39 is 5.97 Å². The standard InChI is InChI=1S/C29H27N5O2/c35-28(36)13-18-1-3-19(4-2-18)20-5-7-21(8-6-20)25-11-10-23(15-30-25)29-33-26-12-9-22(14-27(26)34-29)24-16-31-32-17-24/h5-12,14-19H,1-4,13H2,(H,31,32)(H,33,34)(H,35,36). The Balaban J connectivity index is 1.15. The topological polar surface area (TPSA) is 108 Å². The van der Waals surface area contributed by atoms with Crippen LogP contribution in [0.1, 0.15) is 43.6 Å². The van der Waals surface area contributed by atoms with Gasteiger partial charge in [-0.05, 0) is 72.9 Å². The summed E-state index contributed by atoms with van der Waals surface area (Å²) in [6, 6.07) is 18.9. The summed E-state index contributed by atoms with van der Waals surface area (Å²) >= 11 is 0. The molecule has 0 spiro atoms. The number of rotatable bonds is 6. The third-order valence-electron chi connectivity index (χ3n) is 7.34. The Labute approximate surface area is 208 Å². The summed E-state index contributed by atoms with van der Waals surface area (Å²) in [5.41, 5.74) is 8.28. The van der Waals surface area contributed by atoms with Crippen molar-refractivity contribution in [2.45, 2.75) is 38.0 Å². The van der Waals surface area contributed by atoms with Gasteiger partial charge in [0.2, 0.25) is 0 Å². The number of benzene rings is 2. The number of aliphatic carboxylic acids is 1. The van der Waals surface area contributed by atoms with Gasteiger partial charge in [0.05, 0.1) is 22.9 Å². The quantitative estimate of drug-likeness (QED) is 0.261. The largest absolute Gasteiger partial charge is 0.481 e. The van der Waals surface area contributed by atoms with Crippen LogP contribution in [0.2, 0.25) is 0 Å². The van der Waals surface area contributed by atoms with Crippen LogP contribution >= 0.6 is 0 Å². The number of carboxylic acids is 1. The van der Waals surface area contributed by atoms with Crippen molar-refractivity contribution in [2.24, 2.45) is 5.92 Å². The average molecular weight is 478 g/mol. The van der Waals surface area contributed by atoms with Gasteiger partial charge in [0.25, 0.3) is 0 Å².